The molecule has 0 radical (unpaired) electrons. The lowest BCUT2D eigenvalue weighted by molar-refractivity contribution is 0.0697. The first kappa shape index (κ1) is 13.7. The maximum absolute atomic E-state index is 11.1. The van der Waals surface area contributed by atoms with Gasteiger partial charge < -0.3 is 10.4 Å². The van der Waals surface area contributed by atoms with Crippen molar-refractivity contribution in [3.8, 4) is 0 Å². The maximum atomic E-state index is 11.1. The van der Waals surface area contributed by atoms with Crippen LogP contribution in [0.25, 0.3) is 0 Å². The van der Waals surface area contributed by atoms with Crippen molar-refractivity contribution in [3.63, 3.8) is 0 Å². The van der Waals surface area contributed by atoms with E-state index in [4.69, 9.17) is 5.11 Å². The van der Waals surface area contributed by atoms with Crippen molar-refractivity contribution >= 4 is 11.7 Å². The molecule has 0 saturated heterocycles. The van der Waals surface area contributed by atoms with E-state index in [1.165, 1.54) is 24.0 Å². The zero-order valence-electron chi connectivity index (χ0n) is 12.0. The fourth-order valence-electron chi connectivity index (χ4n) is 2.60. The lowest BCUT2D eigenvalue weighted by Gasteiger charge is -2.20. The second kappa shape index (κ2) is 5.60. The van der Waals surface area contributed by atoms with Gasteiger partial charge in [0.1, 0.15) is 0 Å². The van der Waals surface area contributed by atoms with Gasteiger partial charge >= 0.3 is 5.97 Å². The summed E-state index contributed by atoms with van der Waals surface area (Å²) < 4.78 is 0. The minimum absolute atomic E-state index is 0.259. The molecule has 21 heavy (non-hydrogen) atoms. The molecule has 2 aromatic rings. The van der Waals surface area contributed by atoms with Gasteiger partial charge in [-0.1, -0.05) is 35.9 Å². The van der Waals surface area contributed by atoms with Crippen LogP contribution < -0.4 is 5.32 Å². The molecule has 3 heteroatoms. The van der Waals surface area contributed by atoms with Gasteiger partial charge in [-0.05, 0) is 49.4 Å². The number of aryl methyl sites for hydroxylation is 1. The minimum Gasteiger partial charge on any atom is -0.478 e. The van der Waals surface area contributed by atoms with E-state index in [1.807, 2.05) is 6.07 Å². The molecule has 1 aliphatic carbocycles. The van der Waals surface area contributed by atoms with E-state index in [0.29, 0.717) is 11.5 Å². The van der Waals surface area contributed by atoms with Crippen LogP contribution in [0.15, 0.2) is 48.5 Å². The molecule has 0 aliphatic heterocycles. The molecule has 108 valence electrons. The van der Waals surface area contributed by atoms with Crippen LogP contribution in [0.5, 0.6) is 0 Å². The summed E-state index contributed by atoms with van der Waals surface area (Å²) in [6.45, 7) is 2.08. The number of rotatable bonds is 5. The van der Waals surface area contributed by atoms with Crippen LogP contribution in [0.3, 0.4) is 0 Å². The Balaban J connectivity index is 1.84. The molecule has 1 aliphatic rings. The highest BCUT2D eigenvalue weighted by Crippen LogP contribution is 2.42. The molecule has 0 bridgehead atoms. The molecule has 3 rings (SSSR count). The average molecular weight is 281 g/mol. The zero-order chi connectivity index (χ0) is 14.8. The molecule has 1 unspecified atom stereocenters. The molecule has 1 atom stereocenters. The van der Waals surface area contributed by atoms with Crippen LogP contribution in [-0.2, 0) is 0 Å². The minimum atomic E-state index is -0.892. The first-order valence-corrected chi connectivity index (χ1v) is 7.30. The van der Waals surface area contributed by atoms with Crippen molar-refractivity contribution in [2.75, 3.05) is 5.32 Å². The van der Waals surface area contributed by atoms with Crippen molar-refractivity contribution in [2.24, 2.45) is 5.92 Å². The lowest BCUT2D eigenvalue weighted by Crippen LogP contribution is -2.13. The number of hydrogen-bond donors (Lipinski definition) is 2. The number of carboxylic acids is 1. The molecule has 2 N–H and O–H groups in total. The Hall–Kier alpha value is -2.29. The number of benzene rings is 2. The van der Waals surface area contributed by atoms with E-state index in [2.05, 4.69) is 36.5 Å². The van der Waals surface area contributed by atoms with Crippen molar-refractivity contribution in [2.45, 2.75) is 25.8 Å². The number of hydrogen-bond acceptors (Lipinski definition) is 2. The molecular weight excluding hydrogens is 262 g/mol. The number of aromatic carboxylic acids is 1. The second-order valence-corrected chi connectivity index (χ2v) is 5.76. The third-order valence-corrected chi connectivity index (χ3v) is 3.96. The van der Waals surface area contributed by atoms with E-state index in [1.54, 1.807) is 18.2 Å². The molecule has 0 aromatic heterocycles. The van der Waals surface area contributed by atoms with Gasteiger partial charge in [0, 0.05) is 5.69 Å². The first-order valence-electron chi connectivity index (χ1n) is 7.30. The predicted octanol–water partition coefficient (Wildman–Crippen LogP) is 4.26. The summed E-state index contributed by atoms with van der Waals surface area (Å²) in [5.74, 6) is -0.252. The van der Waals surface area contributed by atoms with Crippen molar-refractivity contribution in [1.29, 1.82) is 0 Å². The monoisotopic (exact) mass is 281 g/mol. The summed E-state index contributed by atoms with van der Waals surface area (Å²) >= 11 is 0. The van der Waals surface area contributed by atoms with Crippen LogP contribution in [0, 0.1) is 12.8 Å². The van der Waals surface area contributed by atoms with Gasteiger partial charge in [0.05, 0.1) is 11.6 Å². The third-order valence-electron chi connectivity index (χ3n) is 3.96. The van der Waals surface area contributed by atoms with Gasteiger partial charge in [-0.25, -0.2) is 4.79 Å². The van der Waals surface area contributed by atoms with Crippen LogP contribution >= 0.6 is 0 Å². The molecule has 0 spiro atoms. The molecule has 2 aromatic carbocycles. The molecule has 1 saturated carbocycles. The van der Waals surface area contributed by atoms with Gasteiger partial charge in [0.25, 0.3) is 0 Å². The Kier molecular flexibility index (Phi) is 3.65. The van der Waals surface area contributed by atoms with Gasteiger partial charge in [-0.3, -0.25) is 0 Å². The van der Waals surface area contributed by atoms with E-state index >= 15 is 0 Å². The number of nitrogens with one attached hydrogen (secondary N) is 1. The SMILES string of the molecule is Cc1ccc(C(Nc2cccc(C(=O)O)c2)C2CC2)cc1. The fourth-order valence-corrected chi connectivity index (χ4v) is 2.60. The van der Waals surface area contributed by atoms with E-state index in [9.17, 15) is 4.79 Å². The van der Waals surface area contributed by atoms with Crippen molar-refractivity contribution < 1.29 is 9.90 Å². The summed E-state index contributed by atoms with van der Waals surface area (Å²) in [7, 11) is 0. The molecule has 0 heterocycles. The van der Waals surface area contributed by atoms with Gasteiger partial charge in [0.2, 0.25) is 0 Å². The van der Waals surface area contributed by atoms with Gasteiger partial charge in [-0.15, -0.1) is 0 Å². The smallest absolute Gasteiger partial charge is 0.335 e. The Bertz CT molecular complexity index is 645. The number of carbonyl (C=O) groups is 1. The largest absolute Gasteiger partial charge is 0.478 e. The zero-order valence-corrected chi connectivity index (χ0v) is 12.0. The Labute approximate surface area is 124 Å². The summed E-state index contributed by atoms with van der Waals surface area (Å²) in [6.07, 6.45) is 2.45. The van der Waals surface area contributed by atoms with Gasteiger partial charge in [0.15, 0.2) is 0 Å². The highest BCUT2D eigenvalue weighted by Gasteiger charge is 2.32. The number of carboxylic acid groups (broad SMARTS) is 1. The van der Waals surface area contributed by atoms with Crippen molar-refractivity contribution in [3.05, 3.63) is 65.2 Å². The van der Waals surface area contributed by atoms with E-state index in [-0.39, 0.29) is 6.04 Å². The van der Waals surface area contributed by atoms with Crippen molar-refractivity contribution in [1.82, 2.24) is 0 Å². The van der Waals surface area contributed by atoms with Crippen LogP contribution in [0.2, 0.25) is 0 Å². The Morgan fingerprint density at radius 3 is 2.52 bits per heavy atom. The molecule has 0 amide bonds. The third kappa shape index (κ3) is 3.24. The predicted molar refractivity (Wildman–Crippen MR) is 83.7 cm³/mol. The number of anilines is 1. The lowest BCUT2D eigenvalue weighted by atomic mass is 10.0. The normalized spacial score (nSPS) is 15.5. The standard InChI is InChI=1S/C18H19NO2/c1-12-5-7-13(8-6-12)17(14-9-10-14)19-16-4-2-3-15(11-16)18(20)21/h2-8,11,14,17,19H,9-10H2,1H3,(H,20,21). The highest BCUT2D eigenvalue weighted by atomic mass is 16.4. The maximum Gasteiger partial charge on any atom is 0.335 e. The average Bonchev–Trinajstić information content (AvgIpc) is 3.31. The van der Waals surface area contributed by atoms with E-state index < -0.39 is 5.97 Å². The quantitative estimate of drug-likeness (QED) is 0.861. The Morgan fingerprint density at radius 1 is 1.19 bits per heavy atom. The Morgan fingerprint density at radius 2 is 1.90 bits per heavy atom. The summed E-state index contributed by atoms with van der Waals surface area (Å²) in [5.41, 5.74) is 3.70. The molecular formula is C18H19NO2. The molecule has 3 nitrogen and oxygen atoms in total. The van der Waals surface area contributed by atoms with Gasteiger partial charge in [-0.2, -0.15) is 0 Å². The fraction of sp³-hybridized carbons (Fsp3) is 0.278. The van der Waals surface area contributed by atoms with Crippen LogP contribution in [0.1, 0.15) is 40.4 Å². The van der Waals surface area contributed by atoms with Crippen LogP contribution in [0.4, 0.5) is 5.69 Å². The summed E-state index contributed by atoms with van der Waals surface area (Å²) in [6, 6.07) is 15.9. The first-order chi connectivity index (χ1) is 10.1. The highest BCUT2D eigenvalue weighted by molar-refractivity contribution is 5.88. The molecule has 1 fully saturated rings. The van der Waals surface area contributed by atoms with Crippen LogP contribution in [-0.4, -0.2) is 11.1 Å². The summed E-state index contributed by atoms with van der Waals surface area (Å²) in [4.78, 5) is 11.1. The second-order valence-electron chi connectivity index (χ2n) is 5.76. The topological polar surface area (TPSA) is 49.3 Å². The van der Waals surface area contributed by atoms with E-state index in [0.717, 1.165) is 5.69 Å². The summed E-state index contributed by atoms with van der Waals surface area (Å²) in [5, 5.41) is 12.6.